The molecule has 0 N–H and O–H groups in total. The first-order chi connectivity index (χ1) is 51.8. The molecule has 20 aromatic rings. The molecule has 0 fully saturated rings. The molecule has 0 nitrogen and oxygen atoms in total. The average molecular weight is 1400 g/mol. The highest BCUT2D eigenvalue weighted by atomic mass is 14.2. The highest BCUT2D eigenvalue weighted by Gasteiger charge is 2.17. The van der Waals surface area contributed by atoms with E-state index in [0.29, 0.717) is 0 Å². The Kier molecular flexibility index (Phi) is 19.2. The monoisotopic (exact) mass is 1400 g/mol. The summed E-state index contributed by atoms with van der Waals surface area (Å²) in [4.78, 5) is 0. The second-order valence-electron chi connectivity index (χ2n) is 31.7. The van der Waals surface area contributed by atoms with Gasteiger partial charge < -0.3 is 0 Å². The number of rotatable bonds is 0. The molecule has 0 radical (unpaired) electrons. The van der Waals surface area contributed by atoms with Crippen molar-refractivity contribution in [3.63, 3.8) is 0 Å². The van der Waals surface area contributed by atoms with Crippen molar-refractivity contribution in [3.05, 3.63) is 354 Å². The van der Waals surface area contributed by atoms with Gasteiger partial charge in [0.25, 0.3) is 0 Å². The summed E-state index contributed by atoms with van der Waals surface area (Å²) in [6.45, 7) is 44.1. The lowest BCUT2D eigenvalue weighted by Gasteiger charge is -2.17. The lowest BCUT2D eigenvalue weighted by atomic mass is 9.87. The van der Waals surface area contributed by atoms with E-state index in [-0.39, 0.29) is 0 Å². The Bertz CT molecular complexity index is 6430. The summed E-state index contributed by atoms with van der Waals surface area (Å²) in [6.07, 6.45) is 0. The molecule has 532 valence electrons. The third-order valence-corrected chi connectivity index (χ3v) is 24.2. The van der Waals surface area contributed by atoms with Crippen molar-refractivity contribution in [2.45, 2.75) is 138 Å². The van der Waals surface area contributed by atoms with Gasteiger partial charge in [-0.25, -0.2) is 0 Å². The lowest BCUT2D eigenvalue weighted by molar-refractivity contribution is 1.44. The van der Waals surface area contributed by atoms with Crippen LogP contribution in [-0.4, -0.2) is 0 Å². The molecule has 0 spiro atoms. The molecule has 0 aliphatic heterocycles. The molecule has 108 heavy (non-hydrogen) atoms. The molecule has 0 aliphatic carbocycles. The van der Waals surface area contributed by atoms with Crippen LogP contribution in [0.2, 0.25) is 0 Å². The molecule has 0 unspecified atom stereocenters. The van der Waals surface area contributed by atoms with Crippen molar-refractivity contribution in [2.75, 3.05) is 0 Å². The van der Waals surface area contributed by atoms with E-state index in [0.717, 1.165) is 0 Å². The predicted molar refractivity (Wildman–Crippen MR) is 481 cm³/mol. The van der Waals surface area contributed by atoms with Crippen LogP contribution in [0.4, 0.5) is 0 Å². The van der Waals surface area contributed by atoms with Gasteiger partial charge in [-0.3, -0.25) is 0 Å². The Labute approximate surface area is 639 Å². The molecular formula is C108H100. The van der Waals surface area contributed by atoms with Crippen LogP contribution in [0.5, 0.6) is 0 Å². The molecule has 0 saturated heterocycles. The maximum absolute atomic E-state index is 2.34. The van der Waals surface area contributed by atoms with Crippen LogP contribution < -0.4 is 0 Å². The summed E-state index contributed by atoms with van der Waals surface area (Å²) in [5, 5.41) is 39.0. The number of benzene rings is 20. The van der Waals surface area contributed by atoms with Gasteiger partial charge in [0.05, 0.1) is 0 Å². The first-order valence-corrected chi connectivity index (χ1v) is 38.7. The van der Waals surface area contributed by atoms with Crippen LogP contribution in [0.1, 0.15) is 111 Å². The second-order valence-corrected chi connectivity index (χ2v) is 31.7. The fourth-order valence-electron chi connectivity index (χ4n) is 18.0. The summed E-state index contributed by atoms with van der Waals surface area (Å²) in [7, 11) is 0. The zero-order valence-corrected chi connectivity index (χ0v) is 67.1. The van der Waals surface area contributed by atoms with Gasteiger partial charge in [0.15, 0.2) is 0 Å². The number of aryl methyl sites for hydroxylation is 20. The Morgan fingerprint density at radius 2 is 0.324 bits per heavy atom. The Morgan fingerprint density at radius 1 is 0.120 bits per heavy atom. The normalized spacial score (nSPS) is 11.5. The number of hydrogen-bond acceptors (Lipinski definition) is 0. The van der Waals surface area contributed by atoms with Gasteiger partial charge >= 0.3 is 0 Å². The van der Waals surface area contributed by atoms with Crippen molar-refractivity contribution < 1.29 is 0 Å². The van der Waals surface area contributed by atoms with E-state index < -0.39 is 0 Å². The van der Waals surface area contributed by atoms with E-state index in [4.69, 9.17) is 0 Å². The molecule has 20 rings (SSSR count). The minimum Gasteiger partial charge on any atom is -0.0616 e. The van der Waals surface area contributed by atoms with Crippen LogP contribution in [0, 0.1) is 138 Å². The van der Waals surface area contributed by atoms with E-state index in [9.17, 15) is 0 Å². The molecule has 20 aromatic carbocycles. The van der Waals surface area contributed by atoms with Gasteiger partial charge in [0, 0.05) is 0 Å². The van der Waals surface area contributed by atoms with E-state index in [1.165, 1.54) is 262 Å². The highest BCUT2D eigenvalue weighted by Crippen LogP contribution is 2.43. The summed E-state index contributed by atoms with van der Waals surface area (Å²) < 4.78 is 0. The van der Waals surface area contributed by atoms with Crippen molar-refractivity contribution in [1.29, 1.82) is 0 Å². The Balaban J connectivity index is 0.000000103. The third-order valence-electron chi connectivity index (χ3n) is 24.2. The number of fused-ring (bicyclic) bond motifs is 8. The summed E-state index contributed by atoms with van der Waals surface area (Å²) in [6, 6.07) is 89.6. The quantitative estimate of drug-likeness (QED) is 0.105. The second kappa shape index (κ2) is 28.7. The van der Waals surface area contributed by atoms with Gasteiger partial charge in [0.1, 0.15) is 0 Å². The van der Waals surface area contributed by atoms with Gasteiger partial charge in [0.2, 0.25) is 0 Å². The van der Waals surface area contributed by atoms with E-state index in [2.05, 4.69) is 381 Å². The minimum absolute atomic E-state index is 1.33. The van der Waals surface area contributed by atoms with Crippen LogP contribution in [0.25, 0.3) is 151 Å². The molecule has 0 amide bonds. The third kappa shape index (κ3) is 12.8. The van der Waals surface area contributed by atoms with Crippen molar-refractivity contribution >= 4 is 151 Å². The summed E-state index contributed by atoms with van der Waals surface area (Å²) >= 11 is 0. The first-order valence-electron chi connectivity index (χ1n) is 38.7. The first kappa shape index (κ1) is 72.1. The SMILES string of the molecule is Cc1cc(C)c2ccc3c(C)cc(C)c4ccc1c2c43.Cc1ccc2c(C)c3cc(C)ccc3c(C)c2c1.Cc1ccc2c(C)c3cc(C)ccc3c(C)c2c1.Cc1ccc2c(C)c3ccccc3c(C)c2c1.Cc1ccc2ccc3c(C)ccc4ccc1c2c43.Cc1cccc2c(C)c3cccc(C)c3cc12. The van der Waals surface area contributed by atoms with E-state index in [1.807, 2.05) is 0 Å². The number of hydrogen-bond donors (Lipinski definition) is 0. The van der Waals surface area contributed by atoms with E-state index >= 15 is 0 Å². The van der Waals surface area contributed by atoms with Crippen LogP contribution >= 0.6 is 0 Å². The summed E-state index contributed by atoms with van der Waals surface area (Å²) in [5.74, 6) is 0. The van der Waals surface area contributed by atoms with Crippen LogP contribution in [-0.2, 0) is 0 Å². The standard InChI is InChI=1S/C20H18.C18H14.2C18H18.2C17H16/c1-11-9-12(2)16-7-8-18-14(4)10-13(3)17-6-5-15(11)19(16)20(17)18;1-11-3-5-13-8-10-16-12(2)4-6-14-7-9-15(11)17(13)18(14)16;2*1-11-5-7-15-14(4)18-10-12(2)6-8-16(18)13(3)17(15)9-11;1-11-6-4-8-14-13(3)15-9-5-7-12(2)17(15)10-16(11)14;1-11-8-9-16-12(2)14-6-4-5-7-15(14)13(3)17(16)10-11/h5-10H,1-4H3;3-10H,1-2H3;2*5-10H,1-4H3;2*4-10H,1-3H3. The van der Waals surface area contributed by atoms with Crippen molar-refractivity contribution in [3.8, 4) is 0 Å². The zero-order valence-electron chi connectivity index (χ0n) is 67.1. The Morgan fingerprint density at radius 3 is 0.611 bits per heavy atom. The maximum atomic E-state index is 2.34. The molecule has 0 aliphatic rings. The maximum Gasteiger partial charge on any atom is -0.00213 e. The van der Waals surface area contributed by atoms with Gasteiger partial charge in [-0.1, -0.05) is 264 Å². The van der Waals surface area contributed by atoms with Gasteiger partial charge in [-0.15, -0.1) is 0 Å². The van der Waals surface area contributed by atoms with Gasteiger partial charge in [-0.05, 0) is 379 Å². The molecule has 0 aromatic heterocycles. The fourth-order valence-corrected chi connectivity index (χ4v) is 18.0. The molecule has 0 bridgehead atoms. The molecule has 0 heterocycles. The Hall–Kier alpha value is -11.4. The molecule has 0 saturated carbocycles. The fraction of sp³-hybridized carbons (Fsp3) is 0.185. The zero-order chi connectivity index (χ0) is 76.0. The predicted octanol–water partition coefficient (Wildman–Crippen LogP) is 31.3. The van der Waals surface area contributed by atoms with Crippen molar-refractivity contribution in [1.82, 2.24) is 0 Å². The van der Waals surface area contributed by atoms with Gasteiger partial charge in [-0.2, -0.15) is 0 Å². The topological polar surface area (TPSA) is 0 Å². The van der Waals surface area contributed by atoms with Crippen LogP contribution in [0.3, 0.4) is 0 Å². The average Bonchev–Trinajstić information content (AvgIpc) is 0.770. The summed E-state index contributed by atoms with van der Waals surface area (Å²) in [5.41, 5.74) is 27.4. The minimum atomic E-state index is 1.33. The molecular weight excluding hydrogens is 1300 g/mol. The molecule has 0 atom stereocenters. The molecule has 0 heteroatoms. The smallest absolute Gasteiger partial charge is 0.00213 e. The van der Waals surface area contributed by atoms with E-state index in [1.54, 1.807) is 0 Å². The van der Waals surface area contributed by atoms with Crippen LogP contribution in [0.15, 0.2) is 243 Å². The largest absolute Gasteiger partial charge is 0.0616 e. The van der Waals surface area contributed by atoms with Crippen molar-refractivity contribution in [2.24, 2.45) is 0 Å². The lowest BCUT2D eigenvalue weighted by Crippen LogP contribution is -1.92. The highest BCUT2D eigenvalue weighted by molar-refractivity contribution is 6.26.